The molecule has 42 heavy (non-hydrogen) atoms. The van der Waals surface area contributed by atoms with Crippen LogP contribution < -0.4 is 19.3 Å². The molecule has 0 aliphatic carbocycles. The largest absolute Gasteiger partial charge is 0.493 e. The van der Waals surface area contributed by atoms with E-state index < -0.39 is 5.82 Å². The minimum Gasteiger partial charge on any atom is -0.493 e. The number of hydrogen-bond donors (Lipinski definition) is 1. The number of nitrogens with one attached hydrogen (secondary N) is 1. The summed E-state index contributed by atoms with van der Waals surface area (Å²) in [7, 11) is 5.17. The van der Waals surface area contributed by atoms with E-state index >= 15 is 0 Å². The van der Waals surface area contributed by atoms with Crippen LogP contribution >= 0.6 is 11.6 Å². The van der Waals surface area contributed by atoms with E-state index in [1.165, 1.54) is 18.5 Å². The third kappa shape index (κ3) is 6.25. The lowest BCUT2D eigenvalue weighted by atomic mass is 10.1. The number of halogens is 2. The molecule has 1 aromatic heterocycles. The average Bonchev–Trinajstić information content (AvgIpc) is 3.02. The zero-order chi connectivity index (χ0) is 29.7. The first-order chi connectivity index (χ1) is 20.3. The first kappa shape index (κ1) is 29.5. The number of piperidine rings is 1. The Morgan fingerprint density at radius 2 is 1.83 bits per heavy atom. The second-order valence-corrected chi connectivity index (χ2v) is 10.7. The highest BCUT2D eigenvalue weighted by atomic mass is 35.5. The lowest BCUT2D eigenvalue weighted by Gasteiger charge is -2.38. The number of carbonyl (C=O) groups is 1. The van der Waals surface area contributed by atoms with Crippen LogP contribution in [-0.4, -0.2) is 74.5 Å². The Kier molecular flexibility index (Phi) is 9.06. The summed E-state index contributed by atoms with van der Waals surface area (Å²) in [5.41, 5.74) is 2.16. The number of fused-ring (bicyclic) bond motifs is 1. The molecule has 2 heterocycles. The van der Waals surface area contributed by atoms with Gasteiger partial charge in [0.05, 0.1) is 31.3 Å². The fourth-order valence-electron chi connectivity index (χ4n) is 5.15. The molecule has 5 rings (SSSR count). The smallest absolute Gasteiger partial charge is 0.424 e. The van der Waals surface area contributed by atoms with Crippen molar-refractivity contribution in [3.05, 3.63) is 77.8 Å². The fraction of sp³-hybridized carbons (Fsp3) is 0.323. The fourth-order valence-corrected chi connectivity index (χ4v) is 5.33. The van der Waals surface area contributed by atoms with Crippen molar-refractivity contribution >= 4 is 45.7 Å². The van der Waals surface area contributed by atoms with E-state index in [0.29, 0.717) is 73.0 Å². The molecule has 1 N–H and O–H groups in total. The number of likely N-dealkylation sites (N-methyl/N-ethyl adjacent to an activating group) is 1. The maximum absolute atomic E-state index is 13.8. The van der Waals surface area contributed by atoms with Crippen LogP contribution in [0.5, 0.6) is 11.5 Å². The summed E-state index contributed by atoms with van der Waals surface area (Å²) in [5, 5.41) is 3.90. The second-order valence-electron chi connectivity index (χ2n) is 10.3. The Hall–Kier alpha value is -3.99. The molecular formula is C31H34ClFN5O4+. The molecule has 0 spiro atoms. The summed E-state index contributed by atoms with van der Waals surface area (Å²) in [6.07, 6.45) is 2.65. The van der Waals surface area contributed by atoms with E-state index in [0.717, 1.165) is 5.69 Å². The maximum Gasteiger partial charge on any atom is 0.424 e. The molecular weight excluding hydrogens is 561 g/mol. The lowest BCUT2D eigenvalue weighted by molar-refractivity contribution is 0.0915. The van der Waals surface area contributed by atoms with Crippen LogP contribution in [0.25, 0.3) is 10.9 Å². The zero-order valence-corrected chi connectivity index (χ0v) is 24.6. The number of likely N-dealkylation sites (tertiary alicyclic amines) is 1. The molecule has 0 bridgehead atoms. The molecule has 1 saturated heterocycles. The van der Waals surface area contributed by atoms with Crippen molar-refractivity contribution in [3.63, 3.8) is 0 Å². The van der Waals surface area contributed by atoms with Crippen LogP contribution in [-0.2, 0) is 4.74 Å². The van der Waals surface area contributed by atoms with Crippen molar-refractivity contribution in [1.29, 1.82) is 0 Å². The van der Waals surface area contributed by atoms with Gasteiger partial charge >= 0.3 is 6.03 Å². The van der Waals surface area contributed by atoms with Crippen molar-refractivity contribution in [2.45, 2.75) is 18.9 Å². The van der Waals surface area contributed by atoms with Crippen molar-refractivity contribution in [2.24, 2.45) is 0 Å². The quantitative estimate of drug-likeness (QED) is 0.224. The van der Waals surface area contributed by atoms with Crippen LogP contribution in [0.3, 0.4) is 0 Å². The van der Waals surface area contributed by atoms with Gasteiger partial charge in [0.25, 0.3) is 0 Å². The van der Waals surface area contributed by atoms with Gasteiger partial charge in [-0.05, 0) is 36.4 Å². The Balaban J connectivity index is 1.32. The van der Waals surface area contributed by atoms with Gasteiger partial charge in [-0.2, -0.15) is 0 Å². The van der Waals surface area contributed by atoms with Crippen LogP contribution in [0.4, 0.5) is 26.4 Å². The highest BCUT2D eigenvalue weighted by Crippen LogP contribution is 2.37. The third-order valence-electron chi connectivity index (χ3n) is 7.60. The van der Waals surface area contributed by atoms with Gasteiger partial charge in [-0.1, -0.05) is 29.8 Å². The number of methoxy groups -OCH3 is 2. The molecule has 3 aromatic carbocycles. The standard InChI is InChI=1S/C31H34ClFN5O4/c1-38(15-16-40-2,22-7-5-4-6-8-22)31(39)37-13-11-23(12-14-37)42-29-18-24-27(19-28(29)41-3)34-20-35-30(24)36-21-9-10-26(33)25(32)17-21/h4-10,17-20,23H,11-16H2,1-3H3,(H,34,35,36)/q+1. The van der Waals surface area contributed by atoms with Gasteiger partial charge in [-0.15, -0.1) is 0 Å². The second kappa shape index (κ2) is 12.9. The molecule has 1 fully saturated rings. The van der Waals surface area contributed by atoms with Crippen LogP contribution in [0.15, 0.2) is 67.0 Å². The number of ether oxygens (including phenoxy) is 3. The molecule has 11 heteroatoms. The average molecular weight is 595 g/mol. The van der Waals surface area contributed by atoms with Gasteiger partial charge in [0, 0.05) is 50.2 Å². The summed E-state index contributed by atoms with van der Waals surface area (Å²) >= 11 is 5.96. The molecule has 9 nitrogen and oxygen atoms in total. The minimum absolute atomic E-state index is 0.00968. The molecule has 4 aromatic rings. The van der Waals surface area contributed by atoms with Gasteiger partial charge in [0.15, 0.2) is 11.5 Å². The molecule has 1 aliphatic heterocycles. The Morgan fingerprint density at radius 1 is 1.07 bits per heavy atom. The van der Waals surface area contributed by atoms with Crippen molar-refractivity contribution in [2.75, 3.05) is 52.8 Å². The summed E-state index contributed by atoms with van der Waals surface area (Å²) in [6, 6.07) is 17.9. The number of hydrogen-bond acceptors (Lipinski definition) is 7. The highest BCUT2D eigenvalue weighted by Gasteiger charge is 2.40. The number of anilines is 2. The van der Waals surface area contributed by atoms with Crippen molar-refractivity contribution < 1.29 is 23.4 Å². The number of carbonyl (C=O) groups excluding carboxylic acids is 1. The van der Waals surface area contributed by atoms with Gasteiger partial charge in [-0.3, -0.25) is 4.90 Å². The predicted octanol–water partition coefficient (Wildman–Crippen LogP) is 6.42. The molecule has 0 saturated carbocycles. The molecule has 2 amide bonds. The third-order valence-corrected chi connectivity index (χ3v) is 7.89. The highest BCUT2D eigenvalue weighted by molar-refractivity contribution is 6.31. The maximum atomic E-state index is 13.8. The monoisotopic (exact) mass is 594 g/mol. The number of amides is 2. The molecule has 220 valence electrons. The molecule has 1 unspecified atom stereocenters. The number of aromatic nitrogens is 2. The number of para-hydroxylation sites is 1. The Morgan fingerprint density at radius 3 is 2.52 bits per heavy atom. The van der Waals surface area contributed by atoms with Gasteiger partial charge in [-0.25, -0.2) is 23.6 Å². The molecule has 1 aliphatic rings. The summed E-state index contributed by atoms with van der Waals surface area (Å²) in [5.74, 6) is 1.12. The van der Waals surface area contributed by atoms with Crippen molar-refractivity contribution in [3.8, 4) is 11.5 Å². The van der Waals surface area contributed by atoms with Gasteiger partial charge in [0.2, 0.25) is 0 Å². The lowest BCUT2D eigenvalue weighted by Crippen LogP contribution is -2.60. The Bertz CT molecular complexity index is 1550. The molecule has 0 radical (unpaired) electrons. The summed E-state index contributed by atoms with van der Waals surface area (Å²) < 4.78 is 31.2. The zero-order valence-electron chi connectivity index (χ0n) is 23.8. The van der Waals surface area contributed by atoms with Crippen molar-refractivity contribution in [1.82, 2.24) is 19.4 Å². The predicted molar refractivity (Wildman–Crippen MR) is 162 cm³/mol. The number of benzene rings is 3. The van der Waals surface area contributed by atoms with Crippen LogP contribution in [0.2, 0.25) is 5.02 Å². The van der Waals surface area contributed by atoms with E-state index in [9.17, 15) is 9.18 Å². The van der Waals surface area contributed by atoms with E-state index in [2.05, 4.69) is 15.3 Å². The van der Waals surface area contributed by atoms with E-state index in [4.69, 9.17) is 25.8 Å². The first-order valence-electron chi connectivity index (χ1n) is 13.7. The van der Waals surface area contributed by atoms with E-state index in [1.807, 2.05) is 48.3 Å². The summed E-state index contributed by atoms with van der Waals surface area (Å²) in [6.45, 7) is 2.13. The van der Waals surface area contributed by atoms with Gasteiger partial charge < -0.3 is 19.5 Å². The number of nitrogens with zero attached hydrogens (tertiary/aromatic N) is 4. The van der Waals surface area contributed by atoms with Crippen LogP contribution in [0.1, 0.15) is 12.8 Å². The number of rotatable bonds is 9. The SMILES string of the molecule is COCC[N+](C)(C(=O)N1CCC(Oc2cc3c(Nc4ccc(F)c(Cl)c4)ncnc3cc2OC)CC1)c1ccccc1. The number of quaternary nitrogens is 1. The van der Waals surface area contributed by atoms with Gasteiger partial charge in [0.1, 0.15) is 36.3 Å². The molecule has 1 atom stereocenters. The number of urea groups is 1. The van der Waals surface area contributed by atoms with E-state index in [1.54, 1.807) is 26.4 Å². The van der Waals surface area contributed by atoms with Crippen LogP contribution in [0, 0.1) is 5.82 Å². The van der Waals surface area contributed by atoms with E-state index in [-0.39, 0.29) is 21.6 Å². The minimum atomic E-state index is -0.499. The Labute approximate surface area is 249 Å². The first-order valence-corrected chi connectivity index (χ1v) is 14.1. The normalized spacial score (nSPS) is 15.3. The topological polar surface area (TPSA) is 85.8 Å². The summed E-state index contributed by atoms with van der Waals surface area (Å²) in [4.78, 5) is 24.5.